The van der Waals surface area contributed by atoms with Gasteiger partial charge in [-0.3, -0.25) is 0 Å². The van der Waals surface area contributed by atoms with Crippen molar-refractivity contribution in [2.45, 2.75) is 96.2 Å². The Morgan fingerprint density at radius 2 is 1.18 bits per heavy atom. The van der Waals surface area contributed by atoms with Gasteiger partial charge in [0, 0.05) is 0 Å². The molecule has 160 valence electrons. The molecule has 1 aromatic carbocycles. The summed E-state index contributed by atoms with van der Waals surface area (Å²) in [7, 11) is 0. The maximum absolute atomic E-state index is 5.23. The van der Waals surface area contributed by atoms with Gasteiger partial charge in [-0.1, -0.05) is 101 Å². The van der Waals surface area contributed by atoms with Gasteiger partial charge in [0.25, 0.3) is 0 Å². The molecule has 2 heterocycles. The lowest BCUT2D eigenvalue weighted by Gasteiger charge is -2.03. The fraction of sp³-hybridized carbons (Fsp3) is 0.760. The minimum Gasteiger partial charge on any atom is -0.376 e. The minimum atomic E-state index is 0.392. The Balaban J connectivity index is 0.000000255. The molecule has 0 amide bonds. The van der Waals surface area contributed by atoms with Crippen LogP contribution in [-0.4, -0.2) is 38.6 Å². The molecule has 0 radical (unpaired) electrons. The first-order valence-electron chi connectivity index (χ1n) is 11.7. The van der Waals surface area contributed by atoms with Crippen LogP contribution < -0.4 is 0 Å². The van der Waals surface area contributed by atoms with Gasteiger partial charge in [0.1, 0.15) is 12.2 Å². The third-order valence-corrected chi connectivity index (χ3v) is 5.32. The van der Waals surface area contributed by atoms with Crippen LogP contribution in [0.1, 0.15) is 83.1 Å². The Hall–Kier alpha value is -0.900. The first-order chi connectivity index (χ1) is 13.9. The quantitative estimate of drug-likeness (QED) is 0.244. The van der Waals surface area contributed by atoms with Crippen LogP contribution in [0.25, 0.3) is 0 Å². The highest BCUT2D eigenvalue weighted by Crippen LogP contribution is 2.13. The van der Waals surface area contributed by atoms with E-state index in [0.717, 1.165) is 26.4 Å². The molecule has 2 unspecified atom stereocenters. The molecular formula is C25H42O3. The van der Waals surface area contributed by atoms with E-state index in [9.17, 15) is 0 Å². The summed E-state index contributed by atoms with van der Waals surface area (Å²) in [5.41, 5.74) is 1.50. The predicted octanol–water partition coefficient (Wildman–Crippen LogP) is 6.34. The molecule has 0 spiro atoms. The van der Waals surface area contributed by atoms with Gasteiger partial charge in [-0.2, -0.15) is 0 Å². The summed E-state index contributed by atoms with van der Waals surface area (Å²) in [5, 5.41) is 0. The van der Waals surface area contributed by atoms with E-state index in [1.165, 1.54) is 82.6 Å². The summed E-state index contributed by atoms with van der Waals surface area (Å²) in [6.45, 7) is 5.55. The molecular weight excluding hydrogens is 348 g/mol. The average molecular weight is 391 g/mol. The molecule has 0 aromatic heterocycles. The molecule has 3 heteroatoms. The van der Waals surface area contributed by atoms with Crippen LogP contribution in [0.15, 0.2) is 30.3 Å². The molecule has 28 heavy (non-hydrogen) atoms. The number of hydrogen-bond donors (Lipinski definition) is 0. The van der Waals surface area contributed by atoms with Gasteiger partial charge in [0.2, 0.25) is 0 Å². The zero-order valence-corrected chi connectivity index (χ0v) is 18.1. The first-order valence-corrected chi connectivity index (χ1v) is 11.7. The van der Waals surface area contributed by atoms with Gasteiger partial charge in [-0.15, -0.1) is 0 Å². The Kier molecular flexibility index (Phi) is 13.3. The number of rotatable bonds is 16. The lowest BCUT2D eigenvalue weighted by atomic mass is 10.0. The molecule has 0 bridgehead atoms. The monoisotopic (exact) mass is 390 g/mol. The standard InChI is InChI=1S/C19H32.C6H10O3/c1-2-3-4-5-6-7-8-9-10-11-13-16-19-17-14-12-15-18-19;1(5-3-8-5)7-2-6-4-9-6/h12,14-15,17-18H,2-11,13,16H2,1H3;5-6H,1-4H2. The molecule has 3 nitrogen and oxygen atoms in total. The summed E-state index contributed by atoms with van der Waals surface area (Å²) in [4.78, 5) is 0. The third kappa shape index (κ3) is 14.1. The van der Waals surface area contributed by atoms with E-state index in [-0.39, 0.29) is 0 Å². The highest BCUT2D eigenvalue weighted by Gasteiger charge is 2.26. The SMILES string of the molecule is C(OCC1CO1)C1CO1.CCCCCCCCCCCCCc1ccccc1. The van der Waals surface area contributed by atoms with Crippen LogP contribution in [0.3, 0.4) is 0 Å². The highest BCUT2D eigenvalue weighted by atomic mass is 16.6. The van der Waals surface area contributed by atoms with E-state index < -0.39 is 0 Å². The van der Waals surface area contributed by atoms with Gasteiger partial charge in [-0.05, 0) is 18.4 Å². The number of hydrogen-bond acceptors (Lipinski definition) is 3. The van der Waals surface area contributed by atoms with Crippen molar-refractivity contribution in [1.29, 1.82) is 0 Å². The Morgan fingerprint density at radius 3 is 1.64 bits per heavy atom. The maximum atomic E-state index is 5.23. The maximum Gasteiger partial charge on any atom is 0.104 e. The molecule has 2 saturated heterocycles. The third-order valence-electron chi connectivity index (χ3n) is 5.32. The van der Waals surface area contributed by atoms with Crippen molar-refractivity contribution in [3.63, 3.8) is 0 Å². The van der Waals surface area contributed by atoms with E-state index in [1.807, 2.05) is 0 Å². The van der Waals surface area contributed by atoms with Crippen molar-refractivity contribution in [1.82, 2.24) is 0 Å². The van der Waals surface area contributed by atoms with E-state index in [4.69, 9.17) is 14.2 Å². The molecule has 2 aliphatic rings. The molecule has 3 rings (SSSR count). The van der Waals surface area contributed by atoms with Crippen molar-refractivity contribution in [3.05, 3.63) is 35.9 Å². The number of ether oxygens (including phenoxy) is 3. The largest absolute Gasteiger partial charge is 0.376 e. The van der Waals surface area contributed by atoms with Crippen LogP contribution >= 0.6 is 0 Å². The zero-order valence-electron chi connectivity index (χ0n) is 18.1. The lowest BCUT2D eigenvalue weighted by Crippen LogP contribution is -2.06. The van der Waals surface area contributed by atoms with Crippen LogP contribution in [0.5, 0.6) is 0 Å². The lowest BCUT2D eigenvalue weighted by molar-refractivity contribution is 0.102. The summed E-state index contributed by atoms with van der Waals surface area (Å²) in [6, 6.07) is 10.9. The summed E-state index contributed by atoms with van der Waals surface area (Å²) < 4.78 is 15.1. The Labute approximate surface area is 173 Å². The molecule has 0 N–H and O–H groups in total. The van der Waals surface area contributed by atoms with Gasteiger partial charge in [-0.25, -0.2) is 0 Å². The Bertz CT molecular complexity index is 442. The number of unbranched alkanes of at least 4 members (excludes halogenated alkanes) is 10. The van der Waals surface area contributed by atoms with Crippen LogP contribution in [0, 0.1) is 0 Å². The average Bonchev–Trinajstić information content (AvgIpc) is 3.63. The predicted molar refractivity (Wildman–Crippen MR) is 117 cm³/mol. The topological polar surface area (TPSA) is 34.3 Å². The van der Waals surface area contributed by atoms with Crippen LogP contribution in [0.2, 0.25) is 0 Å². The van der Waals surface area contributed by atoms with E-state index >= 15 is 0 Å². The fourth-order valence-electron chi connectivity index (χ4n) is 3.30. The van der Waals surface area contributed by atoms with Crippen molar-refractivity contribution in [3.8, 4) is 0 Å². The molecule has 0 saturated carbocycles. The molecule has 2 fully saturated rings. The zero-order chi connectivity index (χ0) is 19.7. The van der Waals surface area contributed by atoms with Gasteiger partial charge < -0.3 is 14.2 Å². The van der Waals surface area contributed by atoms with Crippen molar-refractivity contribution < 1.29 is 14.2 Å². The molecule has 1 aromatic rings. The fourth-order valence-corrected chi connectivity index (χ4v) is 3.30. The summed E-state index contributed by atoms with van der Waals surface area (Å²) in [5.74, 6) is 0. The first kappa shape index (κ1) is 23.4. The molecule has 0 aliphatic carbocycles. The van der Waals surface area contributed by atoms with Gasteiger partial charge in [0.15, 0.2) is 0 Å². The number of benzene rings is 1. The number of aryl methyl sites for hydroxylation is 1. The van der Waals surface area contributed by atoms with Crippen molar-refractivity contribution in [2.75, 3.05) is 26.4 Å². The van der Waals surface area contributed by atoms with E-state index in [0.29, 0.717) is 12.2 Å². The Morgan fingerprint density at radius 1 is 0.714 bits per heavy atom. The smallest absolute Gasteiger partial charge is 0.104 e. The highest BCUT2D eigenvalue weighted by molar-refractivity contribution is 5.14. The number of epoxide rings is 2. The van der Waals surface area contributed by atoms with Crippen molar-refractivity contribution >= 4 is 0 Å². The molecule has 2 atom stereocenters. The van der Waals surface area contributed by atoms with Gasteiger partial charge in [0.05, 0.1) is 26.4 Å². The van der Waals surface area contributed by atoms with E-state index in [1.54, 1.807) is 0 Å². The van der Waals surface area contributed by atoms with Crippen LogP contribution in [-0.2, 0) is 20.6 Å². The second kappa shape index (κ2) is 16.0. The van der Waals surface area contributed by atoms with Gasteiger partial charge >= 0.3 is 0 Å². The van der Waals surface area contributed by atoms with E-state index in [2.05, 4.69) is 37.3 Å². The summed E-state index contributed by atoms with van der Waals surface area (Å²) in [6.07, 6.45) is 17.8. The second-order valence-corrected chi connectivity index (χ2v) is 8.22. The van der Waals surface area contributed by atoms with Crippen molar-refractivity contribution in [2.24, 2.45) is 0 Å². The molecule has 2 aliphatic heterocycles. The van der Waals surface area contributed by atoms with Crippen LogP contribution in [0.4, 0.5) is 0 Å². The minimum absolute atomic E-state index is 0.392. The summed E-state index contributed by atoms with van der Waals surface area (Å²) >= 11 is 0. The second-order valence-electron chi connectivity index (χ2n) is 8.22. The normalized spacial score (nSPS) is 19.8.